The van der Waals surface area contributed by atoms with Crippen LogP contribution in [0.15, 0.2) is 24.3 Å². The molecule has 1 saturated heterocycles. The lowest BCUT2D eigenvalue weighted by molar-refractivity contribution is -0.144. The average molecular weight is 400 g/mol. The van der Waals surface area contributed by atoms with Gasteiger partial charge in [-0.1, -0.05) is 12.1 Å². The van der Waals surface area contributed by atoms with E-state index in [0.29, 0.717) is 23.3 Å². The molecule has 1 heterocycles. The third kappa shape index (κ3) is 6.66. The van der Waals surface area contributed by atoms with E-state index in [1.165, 1.54) is 7.11 Å². The molecule has 8 heteroatoms. The van der Waals surface area contributed by atoms with Crippen LogP contribution in [0.4, 0.5) is 5.69 Å². The van der Waals surface area contributed by atoms with Crippen molar-refractivity contribution in [3.05, 3.63) is 29.8 Å². The molecule has 2 unspecified atom stereocenters. The molecule has 1 fully saturated rings. The summed E-state index contributed by atoms with van der Waals surface area (Å²) in [6.45, 7) is 1.74. The monoisotopic (exact) mass is 399 g/mol. The molecule has 0 saturated carbocycles. The molecule has 4 N–H and O–H groups in total. The number of hydrogen-bond donors (Lipinski definition) is 5. The quantitative estimate of drug-likeness (QED) is 0.232. The summed E-state index contributed by atoms with van der Waals surface area (Å²) in [6.07, 6.45) is 2.68. The van der Waals surface area contributed by atoms with E-state index in [1.807, 2.05) is 30.5 Å². The summed E-state index contributed by atoms with van der Waals surface area (Å²) in [6, 6.07) is 7.46. The minimum atomic E-state index is -0.936. The summed E-state index contributed by atoms with van der Waals surface area (Å²) in [5, 5.41) is 20.7. The second-order valence-electron chi connectivity index (χ2n) is 6.43. The molecule has 2 rings (SSSR count). The van der Waals surface area contributed by atoms with Crippen molar-refractivity contribution in [1.29, 1.82) is 0 Å². The highest BCUT2D eigenvalue weighted by Crippen LogP contribution is 2.19. The van der Waals surface area contributed by atoms with Crippen molar-refractivity contribution in [2.75, 3.05) is 37.5 Å². The van der Waals surface area contributed by atoms with Crippen molar-refractivity contribution >= 4 is 36.0 Å². The first-order valence-corrected chi connectivity index (χ1v) is 10.7. The van der Waals surface area contributed by atoms with Crippen LogP contribution in [-0.4, -0.2) is 60.6 Å². The number of aliphatic hydroxyl groups excluding tert-OH is 1. The number of thioether (sulfide) groups is 1. The van der Waals surface area contributed by atoms with Gasteiger partial charge in [0.05, 0.1) is 7.11 Å². The fraction of sp³-hybridized carbons (Fsp3) is 0.611. The van der Waals surface area contributed by atoms with E-state index in [4.69, 9.17) is 4.74 Å². The lowest BCUT2D eigenvalue weighted by Gasteiger charge is -2.21. The van der Waals surface area contributed by atoms with Gasteiger partial charge in [0.25, 0.3) is 0 Å². The Morgan fingerprint density at radius 3 is 3.00 bits per heavy atom. The second-order valence-corrected chi connectivity index (χ2v) is 8.14. The summed E-state index contributed by atoms with van der Waals surface area (Å²) in [5.41, 5.74) is 1.64. The molecule has 0 aliphatic carbocycles. The maximum atomic E-state index is 11.9. The molecule has 0 aromatic heterocycles. The predicted molar refractivity (Wildman–Crippen MR) is 111 cm³/mol. The van der Waals surface area contributed by atoms with Gasteiger partial charge in [0, 0.05) is 30.1 Å². The van der Waals surface area contributed by atoms with E-state index in [2.05, 4.69) is 28.6 Å². The lowest BCUT2D eigenvalue weighted by Crippen LogP contribution is -2.40. The van der Waals surface area contributed by atoms with E-state index < -0.39 is 12.3 Å². The highest BCUT2D eigenvalue weighted by molar-refractivity contribution is 7.98. The summed E-state index contributed by atoms with van der Waals surface area (Å²) in [7, 11) is 1.36. The minimum Gasteiger partial charge on any atom is -0.468 e. The fourth-order valence-electron chi connectivity index (χ4n) is 2.95. The molecule has 0 bridgehead atoms. The number of thiol groups is 1. The van der Waals surface area contributed by atoms with Crippen molar-refractivity contribution < 1.29 is 14.6 Å². The molecule has 4 atom stereocenters. The number of anilines is 1. The molecular weight excluding hydrogens is 370 g/mol. The van der Waals surface area contributed by atoms with Crippen LogP contribution >= 0.6 is 24.4 Å². The summed E-state index contributed by atoms with van der Waals surface area (Å²) >= 11 is 6.14. The number of benzene rings is 1. The SMILES string of the molecule is COC(=O)C(CCSC)NC(O)c1cccc(NC[C@@H]2C[C@H](S)CN2)c1. The number of carbonyl (C=O) groups excluding carboxylic acids is 1. The molecule has 1 aromatic rings. The van der Waals surface area contributed by atoms with Crippen LogP contribution in [0.25, 0.3) is 0 Å². The molecule has 6 nitrogen and oxygen atoms in total. The molecular formula is C18H29N3O3S2. The Balaban J connectivity index is 1.92. The maximum Gasteiger partial charge on any atom is 0.322 e. The van der Waals surface area contributed by atoms with Crippen LogP contribution in [-0.2, 0) is 9.53 Å². The Kier molecular flexibility index (Phi) is 9.07. The van der Waals surface area contributed by atoms with E-state index in [0.717, 1.165) is 31.0 Å². The van der Waals surface area contributed by atoms with Gasteiger partial charge in [-0.3, -0.25) is 10.1 Å². The van der Waals surface area contributed by atoms with Crippen LogP contribution in [0.3, 0.4) is 0 Å². The van der Waals surface area contributed by atoms with Gasteiger partial charge in [0.15, 0.2) is 0 Å². The molecule has 1 aliphatic rings. The van der Waals surface area contributed by atoms with E-state index >= 15 is 0 Å². The van der Waals surface area contributed by atoms with Gasteiger partial charge >= 0.3 is 5.97 Å². The Labute approximate surface area is 165 Å². The number of carbonyl (C=O) groups is 1. The number of ether oxygens (including phenoxy) is 1. The van der Waals surface area contributed by atoms with Crippen molar-refractivity contribution in [3.8, 4) is 0 Å². The average Bonchev–Trinajstić information content (AvgIpc) is 3.08. The lowest BCUT2D eigenvalue weighted by atomic mass is 10.1. The topological polar surface area (TPSA) is 82.6 Å². The van der Waals surface area contributed by atoms with Crippen LogP contribution in [0.2, 0.25) is 0 Å². The number of rotatable bonds is 10. The smallest absolute Gasteiger partial charge is 0.322 e. The van der Waals surface area contributed by atoms with Gasteiger partial charge in [0.2, 0.25) is 0 Å². The normalized spacial score (nSPS) is 22.0. The van der Waals surface area contributed by atoms with Crippen molar-refractivity contribution in [2.24, 2.45) is 0 Å². The Morgan fingerprint density at radius 1 is 1.54 bits per heavy atom. The molecule has 0 radical (unpaired) electrons. The maximum absolute atomic E-state index is 11.9. The standard InChI is InChI=1S/C18H29N3O3S2/c1-24-18(23)16(6-7-26-2)21-17(22)12-4-3-5-13(8-12)19-10-14-9-15(25)11-20-14/h3-5,8,14-17,19-22,25H,6-7,9-11H2,1-2H3/t14-,15-,16?,17?/m0/s1. The first kappa shape index (κ1) is 21.4. The highest BCUT2D eigenvalue weighted by Gasteiger charge is 2.23. The fourth-order valence-corrected chi connectivity index (χ4v) is 3.78. The van der Waals surface area contributed by atoms with Gasteiger partial charge in [-0.15, -0.1) is 0 Å². The number of esters is 1. The Bertz CT molecular complexity index is 576. The van der Waals surface area contributed by atoms with Gasteiger partial charge in [-0.05, 0) is 42.5 Å². The van der Waals surface area contributed by atoms with E-state index in [1.54, 1.807) is 11.8 Å². The van der Waals surface area contributed by atoms with Gasteiger partial charge in [-0.25, -0.2) is 0 Å². The van der Waals surface area contributed by atoms with Crippen molar-refractivity contribution in [1.82, 2.24) is 10.6 Å². The number of nitrogens with one attached hydrogen (secondary N) is 3. The Morgan fingerprint density at radius 2 is 2.35 bits per heavy atom. The molecule has 0 spiro atoms. The zero-order chi connectivity index (χ0) is 18.9. The van der Waals surface area contributed by atoms with Crippen LogP contribution in [0.1, 0.15) is 24.6 Å². The van der Waals surface area contributed by atoms with E-state index in [-0.39, 0.29) is 5.97 Å². The molecule has 0 amide bonds. The molecule has 26 heavy (non-hydrogen) atoms. The van der Waals surface area contributed by atoms with Gasteiger partial charge in [0.1, 0.15) is 12.3 Å². The first-order chi connectivity index (χ1) is 12.5. The number of hydrogen-bond acceptors (Lipinski definition) is 8. The number of aliphatic hydroxyl groups is 1. The van der Waals surface area contributed by atoms with Crippen molar-refractivity contribution in [2.45, 2.75) is 36.4 Å². The third-order valence-corrected chi connectivity index (χ3v) is 5.45. The van der Waals surface area contributed by atoms with Crippen LogP contribution in [0.5, 0.6) is 0 Å². The van der Waals surface area contributed by atoms with Gasteiger partial charge in [-0.2, -0.15) is 24.4 Å². The molecule has 146 valence electrons. The number of methoxy groups -OCH3 is 1. The first-order valence-electron chi connectivity index (χ1n) is 8.79. The minimum absolute atomic E-state index is 0.360. The summed E-state index contributed by atoms with van der Waals surface area (Å²) in [5.74, 6) is 0.447. The van der Waals surface area contributed by atoms with Crippen molar-refractivity contribution in [3.63, 3.8) is 0 Å². The second kappa shape index (κ2) is 11.0. The zero-order valence-corrected chi connectivity index (χ0v) is 17.0. The molecule has 1 aromatic carbocycles. The summed E-state index contributed by atoms with van der Waals surface area (Å²) < 4.78 is 4.83. The van der Waals surface area contributed by atoms with Crippen LogP contribution < -0.4 is 16.0 Å². The van der Waals surface area contributed by atoms with E-state index in [9.17, 15) is 9.90 Å². The van der Waals surface area contributed by atoms with Gasteiger partial charge < -0.3 is 20.5 Å². The van der Waals surface area contributed by atoms with Crippen LogP contribution in [0, 0.1) is 0 Å². The summed E-state index contributed by atoms with van der Waals surface area (Å²) in [4.78, 5) is 11.9. The predicted octanol–water partition coefficient (Wildman–Crippen LogP) is 1.63. The largest absolute Gasteiger partial charge is 0.468 e. The third-order valence-electron chi connectivity index (χ3n) is 4.41. The Hall–Kier alpha value is -0.930. The zero-order valence-electron chi connectivity index (χ0n) is 15.3. The highest BCUT2D eigenvalue weighted by atomic mass is 32.2. The molecule has 1 aliphatic heterocycles.